The maximum Gasteiger partial charge on any atom is 0.336 e. The third-order valence-electron chi connectivity index (χ3n) is 3.84. The number of carbonyl (C=O) groups is 2. The SMILES string of the molecule is COC(=O)C1=CN(C(C)C)C=C(C(=O)OC)C1c1ccc(Br)cc1. The Bertz CT molecular complexity index is 657. The Morgan fingerprint density at radius 3 is 1.83 bits per heavy atom. The Morgan fingerprint density at radius 2 is 1.46 bits per heavy atom. The lowest BCUT2D eigenvalue weighted by atomic mass is 9.83. The van der Waals surface area contributed by atoms with Crippen LogP contribution in [0, 0.1) is 0 Å². The van der Waals surface area contributed by atoms with Crippen LogP contribution in [0.1, 0.15) is 25.3 Å². The Balaban J connectivity index is 2.60. The summed E-state index contributed by atoms with van der Waals surface area (Å²) in [6, 6.07) is 7.55. The molecule has 0 saturated heterocycles. The van der Waals surface area contributed by atoms with Crippen LogP contribution in [0.5, 0.6) is 0 Å². The summed E-state index contributed by atoms with van der Waals surface area (Å²) in [7, 11) is 2.66. The van der Waals surface area contributed by atoms with Crippen molar-refractivity contribution in [2.24, 2.45) is 0 Å². The number of esters is 2. The fourth-order valence-corrected chi connectivity index (χ4v) is 2.83. The van der Waals surface area contributed by atoms with Crippen LogP contribution in [-0.4, -0.2) is 37.1 Å². The molecule has 0 N–H and O–H groups in total. The lowest BCUT2D eigenvalue weighted by molar-refractivity contribution is -0.137. The topological polar surface area (TPSA) is 55.8 Å². The van der Waals surface area contributed by atoms with E-state index in [0.717, 1.165) is 10.0 Å². The highest BCUT2D eigenvalue weighted by Crippen LogP contribution is 2.37. The zero-order chi connectivity index (χ0) is 17.9. The normalized spacial score (nSPS) is 15.0. The van der Waals surface area contributed by atoms with E-state index >= 15 is 0 Å². The van der Waals surface area contributed by atoms with E-state index in [9.17, 15) is 9.59 Å². The van der Waals surface area contributed by atoms with Crippen molar-refractivity contribution >= 4 is 27.9 Å². The Morgan fingerprint density at radius 1 is 1.00 bits per heavy atom. The molecule has 1 aliphatic heterocycles. The minimum Gasteiger partial charge on any atom is -0.466 e. The molecule has 6 heteroatoms. The minimum absolute atomic E-state index is 0.0789. The van der Waals surface area contributed by atoms with Gasteiger partial charge in [-0.25, -0.2) is 9.59 Å². The first-order chi connectivity index (χ1) is 11.4. The third-order valence-corrected chi connectivity index (χ3v) is 4.37. The van der Waals surface area contributed by atoms with Gasteiger partial charge in [-0.05, 0) is 31.5 Å². The molecule has 0 fully saturated rings. The van der Waals surface area contributed by atoms with Crippen molar-refractivity contribution in [3.05, 3.63) is 57.8 Å². The Kier molecular flexibility index (Phi) is 5.83. The molecule has 1 aromatic rings. The molecule has 0 unspecified atom stereocenters. The van der Waals surface area contributed by atoms with Gasteiger partial charge in [0.05, 0.1) is 31.3 Å². The monoisotopic (exact) mass is 393 g/mol. The van der Waals surface area contributed by atoms with Gasteiger partial charge in [-0.15, -0.1) is 0 Å². The van der Waals surface area contributed by atoms with E-state index < -0.39 is 17.9 Å². The first kappa shape index (κ1) is 18.3. The van der Waals surface area contributed by atoms with Gasteiger partial charge in [0.15, 0.2) is 0 Å². The van der Waals surface area contributed by atoms with Crippen LogP contribution >= 0.6 is 15.9 Å². The van der Waals surface area contributed by atoms with Crippen molar-refractivity contribution in [3.63, 3.8) is 0 Å². The van der Waals surface area contributed by atoms with Crippen molar-refractivity contribution < 1.29 is 19.1 Å². The number of halogens is 1. The second-order valence-corrected chi connectivity index (χ2v) is 6.59. The highest BCUT2D eigenvalue weighted by molar-refractivity contribution is 9.10. The van der Waals surface area contributed by atoms with Gasteiger partial charge >= 0.3 is 11.9 Å². The summed E-state index contributed by atoms with van der Waals surface area (Å²) in [4.78, 5) is 26.5. The first-order valence-electron chi connectivity index (χ1n) is 7.52. The quantitative estimate of drug-likeness (QED) is 0.733. The van der Waals surface area contributed by atoms with Crippen molar-refractivity contribution in [3.8, 4) is 0 Å². The van der Waals surface area contributed by atoms with Crippen molar-refractivity contribution in [2.45, 2.75) is 25.8 Å². The molecule has 0 saturated carbocycles. The van der Waals surface area contributed by atoms with Gasteiger partial charge < -0.3 is 14.4 Å². The van der Waals surface area contributed by atoms with Crippen molar-refractivity contribution in [1.29, 1.82) is 0 Å². The van der Waals surface area contributed by atoms with E-state index in [-0.39, 0.29) is 6.04 Å². The van der Waals surface area contributed by atoms with Crippen LogP contribution in [0.2, 0.25) is 0 Å². The Hall–Kier alpha value is -2.08. The smallest absolute Gasteiger partial charge is 0.336 e. The van der Waals surface area contributed by atoms with Crippen LogP contribution in [0.4, 0.5) is 0 Å². The summed E-state index contributed by atoms with van der Waals surface area (Å²) in [5, 5.41) is 0. The molecule has 0 spiro atoms. The van der Waals surface area contributed by atoms with Gasteiger partial charge in [0.2, 0.25) is 0 Å². The Labute approximate surface area is 150 Å². The molecule has 5 nitrogen and oxygen atoms in total. The second-order valence-electron chi connectivity index (χ2n) is 5.68. The van der Waals surface area contributed by atoms with Crippen LogP contribution in [0.3, 0.4) is 0 Å². The van der Waals surface area contributed by atoms with Crippen LogP contribution in [-0.2, 0) is 19.1 Å². The number of methoxy groups -OCH3 is 2. The maximum absolute atomic E-state index is 12.3. The van der Waals surface area contributed by atoms with Crippen LogP contribution in [0.25, 0.3) is 0 Å². The molecule has 1 heterocycles. The van der Waals surface area contributed by atoms with E-state index in [1.807, 2.05) is 43.0 Å². The number of hydrogen-bond acceptors (Lipinski definition) is 5. The summed E-state index contributed by atoms with van der Waals surface area (Å²) >= 11 is 3.39. The summed E-state index contributed by atoms with van der Waals surface area (Å²) in [6.07, 6.45) is 3.46. The fraction of sp³-hybridized carbons (Fsp3) is 0.333. The van der Waals surface area contributed by atoms with Gasteiger partial charge in [0.25, 0.3) is 0 Å². The molecule has 1 aromatic carbocycles. The number of carbonyl (C=O) groups excluding carboxylic acids is 2. The molecule has 2 rings (SSSR count). The molecular formula is C18H20BrNO4. The largest absolute Gasteiger partial charge is 0.466 e. The lowest BCUT2D eigenvalue weighted by Gasteiger charge is -2.32. The first-order valence-corrected chi connectivity index (χ1v) is 8.31. The summed E-state index contributed by atoms with van der Waals surface area (Å²) in [5.74, 6) is -1.47. The number of hydrogen-bond donors (Lipinski definition) is 0. The van der Waals surface area contributed by atoms with Gasteiger partial charge in [-0.3, -0.25) is 0 Å². The molecule has 0 aromatic heterocycles. The highest BCUT2D eigenvalue weighted by Gasteiger charge is 2.35. The predicted octanol–water partition coefficient (Wildman–Crippen LogP) is 3.37. The van der Waals surface area contributed by atoms with Gasteiger partial charge in [-0.2, -0.15) is 0 Å². The van der Waals surface area contributed by atoms with Gasteiger partial charge in [-0.1, -0.05) is 28.1 Å². The standard InChI is InChI=1S/C18H20BrNO4/c1-11(2)20-9-14(17(21)23-3)16(15(10-20)18(22)24-4)12-5-7-13(19)8-6-12/h5-11,16H,1-4H3. The second kappa shape index (κ2) is 7.66. The molecule has 0 atom stereocenters. The lowest BCUT2D eigenvalue weighted by Crippen LogP contribution is -2.31. The van der Waals surface area contributed by atoms with E-state index in [2.05, 4.69) is 15.9 Å². The average Bonchev–Trinajstić information content (AvgIpc) is 2.59. The molecule has 0 aliphatic carbocycles. The number of benzene rings is 1. The fourth-order valence-electron chi connectivity index (χ4n) is 2.56. The molecule has 0 radical (unpaired) electrons. The van der Waals surface area contributed by atoms with E-state index in [0.29, 0.717) is 11.1 Å². The van der Waals surface area contributed by atoms with Crippen LogP contribution in [0.15, 0.2) is 52.3 Å². The molecule has 0 amide bonds. The molecule has 1 aliphatic rings. The minimum atomic E-state index is -0.534. The van der Waals surface area contributed by atoms with Gasteiger partial charge in [0.1, 0.15) is 0 Å². The molecular weight excluding hydrogens is 374 g/mol. The number of ether oxygens (including phenoxy) is 2. The molecule has 128 valence electrons. The number of rotatable bonds is 4. The van der Waals surface area contributed by atoms with Crippen molar-refractivity contribution in [2.75, 3.05) is 14.2 Å². The summed E-state index contributed by atoms with van der Waals surface area (Å²) < 4.78 is 10.8. The zero-order valence-corrected chi connectivity index (χ0v) is 15.7. The van der Waals surface area contributed by atoms with E-state index in [1.165, 1.54) is 14.2 Å². The zero-order valence-electron chi connectivity index (χ0n) is 14.1. The average molecular weight is 394 g/mol. The van der Waals surface area contributed by atoms with Crippen LogP contribution < -0.4 is 0 Å². The number of nitrogens with zero attached hydrogens (tertiary/aromatic N) is 1. The molecule has 24 heavy (non-hydrogen) atoms. The highest BCUT2D eigenvalue weighted by atomic mass is 79.9. The van der Waals surface area contributed by atoms with E-state index in [4.69, 9.17) is 9.47 Å². The third kappa shape index (κ3) is 3.70. The summed E-state index contributed by atoms with van der Waals surface area (Å²) in [6.45, 7) is 3.94. The van der Waals surface area contributed by atoms with Crippen molar-refractivity contribution in [1.82, 2.24) is 4.90 Å². The predicted molar refractivity (Wildman–Crippen MR) is 94.1 cm³/mol. The summed E-state index contributed by atoms with van der Waals surface area (Å²) in [5.41, 5.74) is 1.61. The molecule has 0 bridgehead atoms. The van der Waals surface area contributed by atoms with E-state index in [1.54, 1.807) is 12.4 Å². The van der Waals surface area contributed by atoms with Gasteiger partial charge in [0, 0.05) is 22.9 Å². The maximum atomic E-state index is 12.3.